The van der Waals surface area contributed by atoms with Crippen LogP contribution in [-0.4, -0.2) is 51.7 Å². The largest absolute Gasteiger partial charge is 0.503 e. The summed E-state index contributed by atoms with van der Waals surface area (Å²) < 4.78 is 47.6. The molecule has 5 rings (SSSR count). The number of pyridine rings is 1. The van der Waals surface area contributed by atoms with E-state index in [-0.39, 0.29) is 24.4 Å². The Kier molecular flexibility index (Phi) is 4.73. The normalized spacial score (nSPS) is 22.0. The van der Waals surface area contributed by atoms with E-state index >= 15 is 0 Å². The van der Waals surface area contributed by atoms with Gasteiger partial charge in [-0.3, -0.25) is 14.4 Å². The highest BCUT2D eigenvalue weighted by Gasteiger charge is 2.49. The molecule has 1 saturated heterocycles. The third-order valence-corrected chi connectivity index (χ3v) is 6.10. The van der Waals surface area contributed by atoms with Crippen molar-refractivity contribution in [2.45, 2.75) is 37.5 Å². The highest BCUT2D eigenvalue weighted by molar-refractivity contribution is 5.99. The Morgan fingerprint density at radius 1 is 1.12 bits per heavy atom. The molecule has 2 N–H and O–H groups in total. The van der Waals surface area contributed by atoms with Crippen LogP contribution in [0.2, 0.25) is 0 Å². The number of nitrogens with zero attached hydrogens (tertiary/aromatic N) is 2. The van der Waals surface area contributed by atoms with Crippen molar-refractivity contribution in [1.29, 1.82) is 0 Å². The fourth-order valence-corrected chi connectivity index (χ4v) is 4.38. The van der Waals surface area contributed by atoms with Crippen LogP contribution >= 0.6 is 0 Å². The molecule has 32 heavy (non-hydrogen) atoms. The van der Waals surface area contributed by atoms with Crippen molar-refractivity contribution in [2.75, 3.05) is 13.2 Å². The van der Waals surface area contributed by atoms with E-state index in [4.69, 9.17) is 4.74 Å². The summed E-state index contributed by atoms with van der Waals surface area (Å²) in [5, 5.41) is 12.7. The number of hydrogen-bond donors (Lipinski definition) is 2. The maximum Gasteiger partial charge on any atom is 0.275 e. The number of carbonyl (C=O) groups is 2. The first kappa shape index (κ1) is 20.6. The molecule has 0 radical (unpaired) electrons. The van der Waals surface area contributed by atoms with E-state index in [0.29, 0.717) is 18.7 Å². The van der Waals surface area contributed by atoms with E-state index in [0.717, 1.165) is 12.8 Å². The van der Waals surface area contributed by atoms with Gasteiger partial charge >= 0.3 is 0 Å². The van der Waals surface area contributed by atoms with Crippen molar-refractivity contribution in [3.63, 3.8) is 0 Å². The molecule has 2 aliphatic heterocycles. The van der Waals surface area contributed by atoms with Gasteiger partial charge in [0.15, 0.2) is 11.4 Å². The van der Waals surface area contributed by atoms with Gasteiger partial charge in [0.25, 0.3) is 11.8 Å². The van der Waals surface area contributed by atoms with Gasteiger partial charge in [0.1, 0.15) is 23.0 Å². The number of fused-ring (bicyclic) bond motifs is 3. The molecule has 0 spiro atoms. The molecule has 0 bridgehead atoms. The van der Waals surface area contributed by atoms with Gasteiger partial charge in [0, 0.05) is 36.5 Å². The van der Waals surface area contributed by atoms with Crippen LogP contribution in [0.25, 0.3) is 0 Å². The summed E-state index contributed by atoms with van der Waals surface area (Å²) in [6.07, 6.45) is 2.83. The lowest BCUT2D eigenvalue weighted by Gasteiger charge is -2.39. The van der Waals surface area contributed by atoms with Gasteiger partial charge in [0.2, 0.25) is 5.43 Å². The molecule has 2 fully saturated rings. The van der Waals surface area contributed by atoms with Crippen molar-refractivity contribution in [1.82, 2.24) is 14.8 Å². The van der Waals surface area contributed by atoms with E-state index in [2.05, 4.69) is 5.32 Å². The number of halogens is 3. The minimum absolute atomic E-state index is 0.0310. The molecule has 11 heteroatoms. The van der Waals surface area contributed by atoms with Gasteiger partial charge < -0.3 is 24.6 Å². The van der Waals surface area contributed by atoms with Crippen molar-refractivity contribution in [2.24, 2.45) is 0 Å². The average Bonchev–Trinajstić information content (AvgIpc) is 3.44. The molecular weight excluding hydrogens is 431 g/mol. The fraction of sp³-hybridized carbons (Fsp3) is 0.381. The van der Waals surface area contributed by atoms with Crippen LogP contribution in [0.1, 0.15) is 45.3 Å². The van der Waals surface area contributed by atoms with Crippen LogP contribution in [0.5, 0.6) is 5.75 Å². The van der Waals surface area contributed by atoms with E-state index in [1.54, 1.807) is 4.90 Å². The standard InChI is InChI=1S/C21H18F3N3O5/c22-9-3-13(23)11(14(24)4-9)5-25-20(30)12-6-26-15-7-32-8-16(15)27(10-1-2-10)21(31)17(26)19(29)18(12)28/h3-4,6,10,15-16,29H,1-2,5,7-8H2,(H,25,30)/t15-,16+/m1/s1. The molecule has 2 amide bonds. The van der Waals surface area contributed by atoms with Gasteiger partial charge in [0.05, 0.1) is 25.3 Å². The van der Waals surface area contributed by atoms with Crippen LogP contribution in [0.4, 0.5) is 13.2 Å². The van der Waals surface area contributed by atoms with Gasteiger partial charge in [-0.2, -0.15) is 0 Å². The minimum Gasteiger partial charge on any atom is -0.503 e. The van der Waals surface area contributed by atoms with Crippen molar-refractivity contribution < 1.29 is 32.6 Å². The zero-order valence-electron chi connectivity index (χ0n) is 16.6. The number of hydrogen-bond acceptors (Lipinski definition) is 5. The summed E-state index contributed by atoms with van der Waals surface area (Å²) in [6.45, 7) is -0.129. The van der Waals surface area contributed by atoms with Crippen LogP contribution in [0.3, 0.4) is 0 Å². The van der Waals surface area contributed by atoms with E-state index in [9.17, 15) is 32.7 Å². The molecule has 3 heterocycles. The molecule has 2 aromatic rings. The SMILES string of the molecule is O=C(NCc1c(F)cc(F)cc1F)c1cn2c(c(O)c1=O)C(=O)N(C1CC1)[C@H]1COC[C@H]12. The number of benzene rings is 1. The number of aromatic nitrogens is 1. The molecule has 2 atom stereocenters. The van der Waals surface area contributed by atoms with Crippen molar-refractivity contribution >= 4 is 11.8 Å². The maximum atomic E-state index is 13.8. The van der Waals surface area contributed by atoms with E-state index in [1.807, 2.05) is 0 Å². The number of carbonyl (C=O) groups excluding carboxylic acids is 2. The molecule has 1 saturated carbocycles. The van der Waals surface area contributed by atoms with Crippen LogP contribution in [-0.2, 0) is 11.3 Å². The topological polar surface area (TPSA) is 101 Å². The monoisotopic (exact) mass is 449 g/mol. The van der Waals surface area contributed by atoms with E-state index in [1.165, 1.54) is 10.8 Å². The lowest BCUT2D eigenvalue weighted by atomic mass is 10.0. The Morgan fingerprint density at radius 3 is 2.44 bits per heavy atom. The third kappa shape index (κ3) is 3.15. The zero-order chi connectivity index (χ0) is 22.7. The van der Waals surface area contributed by atoms with Crippen molar-refractivity contribution in [3.8, 4) is 5.75 Å². The predicted octanol–water partition coefficient (Wildman–Crippen LogP) is 1.46. The second-order valence-electron chi connectivity index (χ2n) is 8.12. The van der Waals surface area contributed by atoms with Gasteiger partial charge in [-0.25, -0.2) is 13.2 Å². The molecule has 168 valence electrons. The lowest BCUT2D eigenvalue weighted by Crippen LogP contribution is -2.52. The third-order valence-electron chi connectivity index (χ3n) is 6.10. The second-order valence-corrected chi connectivity index (χ2v) is 8.12. The fourth-order valence-electron chi connectivity index (χ4n) is 4.38. The molecule has 1 aliphatic carbocycles. The Balaban J connectivity index is 1.48. The van der Waals surface area contributed by atoms with Gasteiger partial charge in [-0.1, -0.05) is 0 Å². The van der Waals surface area contributed by atoms with E-state index < -0.39 is 64.2 Å². The highest BCUT2D eigenvalue weighted by Crippen LogP contribution is 2.40. The number of amides is 2. The Morgan fingerprint density at radius 2 is 1.78 bits per heavy atom. The summed E-state index contributed by atoms with van der Waals surface area (Å²) >= 11 is 0. The number of nitrogens with one attached hydrogen (secondary N) is 1. The Labute approximate surface area is 179 Å². The molecule has 1 aromatic heterocycles. The lowest BCUT2D eigenvalue weighted by molar-refractivity contribution is 0.0533. The maximum absolute atomic E-state index is 13.8. The van der Waals surface area contributed by atoms with Gasteiger partial charge in [-0.15, -0.1) is 0 Å². The molecule has 1 aromatic carbocycles. The molecule has 8 nitrogen and oxygen atoms in total. The van der Waals surface area contributed by atoms with Crippen LogP contribution in [0.15, 0.2) is 23.1 Å². The molecule has 3 aliphatic rings. The van der Waals surface area contributed by atoms with Crippen molar-refractivity contribution in [3.05, 3.63) is 62.8 Å². The average molecular weight is 449 g/mol. The summed E-state index contributed by atoms with van der Waals surface area (Å²) in [5.41, 5.74) is -2.36. The summed E-state index contributed by atoms with van der Waals surface area (Å²) in [4.78, 5) is 40.0. The number of aromatic hydroxyl groups is 1. The number of rotatable bonds is 4. The van der Waals surface area contributed by atoms with Crippen LogP contribution < -0.4 is 10.7 Å². The smallest absolute Gasteiger partial charge is 0.275 e. The van der Waals surface area contributed by atoms with Crippen LogP contribution in [0, 0.1) is 17.5 Å². The summed E-state index contributed by atoms with van der Waals surface area (Å²) in [7, 11) is 0. The first-order chi connectivity index (χ1) is 15.3. The first-order valence-electron chi connectivity index (χ1n) is 10.1. The second kappa shape index (κ2) is 7.37. The highest BCUT2D eigenvalue weighted by atomic mass is 19.1. The zero-order valence-corrected chi connectivity index (χ0v) is 16.6. The first-order valence-corrected chi connectivity index (χ1v) is 10.1. The number of ether oxygens (including phenoxy) is 1. The molecular formula is C21H18F3N3O5. The summed E-state index contributed by atoms with van der Waals surface area (Å²) in [5.74, 6) is -5.86. The quantitative estimate of drug-likeness (QED) is 0.736. The Bertz CT molecular complexity index is 1190. The predicted molar refractivity (Wildman–Crippen MR) is 103 cm³/mol. The Hall–Kier alpha value is -3.34. The van der Waals surface area contributed by atoms with Gasteiger partial charge in [-0.05, 0) is 12.8 Å². The summed E-state index contributed by atoms with van der Waals surface area (Å²) in [6, 6.07) is 0.294. The molecule has 0 unspecified atom stereocenters. The minimum atomic E-state index is -1.19.